The van der Waals surface area contributed by atoms with E-state index in [0.29, 0.717) is 16.4 Å². The highest BCUT2D eigenvalue weighted by Crippen LogP contribution is 2.37. The molecule has 5 rings (SSSR count). The van der Waals surface area contributed by atoms with E-state index in [2.05, 4.69) is 16.0 Å². The molecule has 3 heterocycles. The number of methoxy groups -OCH3 is 1. The van der Waals surface area contributed by atoms with Gasteiger partial charge in [-0.15, -0.1) is 11.3 Å². The first-order chi connectivity index (χ1) is 18.9. The maximum Gasteiger partial charge on any atom is 0.319 e. The minimum atomic E-state index is -1.06. The molecule has 1 atom stereocenters. The quantitative estimate of drug-likeness (QED) is 0.387. The average Bonchev–Trinajstić information content (AvgIpc) is 3.43. The number of nitrogens with one attached hydrogen (secondary N) is 3. The third kappa shape index (κ3) is 4.72. The molecule has 2 aliphatic rings. The lowest BCUT2D eigenvalue weighted by molar-refractivity contribution is -0.136. The van der Waals surface area contributed by atoms with Crippen LogP contribution < -0.4 is 25.6 Å². The number of piperidine rings is 1. The van der Waals surface area contributed by atoms with Gasteiger partial charge in [0.25, 0.3) is 11.8 Å². The lowest BCUT2D eigenvalue weighted by Crippen LogP contribution is -2.54. The number of urea groups is 1. The first-order valence-electron chi connectivity index (χ1n) is 12.5. The van der Waals surface area contributed by atoms with Gasteiger partial charge in [0, 0.05) is 32.3 Å². The predicted molar refractivity (Wildman–Crippen MR) is 149 cm³/mol. The molecule has 2 aliphatic heterocycles. The number of hydrogen-bond donors (Lipinski definition) is 3. The number of amides is 6. The fraction of sp³-hybridized carbons (Fsp3) is 0.333. The van der Waals surface area contributed by atoms with Gasteiger partial charge in [-0.1, -0.05) is 0 Å². The summed E-state index contributed by atoms with van der Waals surface area (Å²) in [5.74, 6) is -1.69. The number of hydrogen-bond acceptors (Lipinski definition) is 9. The standard InChI is InChI=1S/C27H28N6O6S/c1-27(2,25-30-21-18(32(3)4)11-14(39-5)12-19(21)40-25)31-26(38)28-13-6-7-15-16(10-13)24(37)33(23(15)36)17-8-9-20(34)29-22(17)35/h6-7,10-12,17H,8-9H2,1-5H3,(H2,28,31,38)(H,29,34,35). The number of anilines is 2. The van der Waals surface area contributed by atoms with Crippen LogP contribution in [0.2, 0.25) is 0 Å². The van der Waals surface area contributed by atoms with Crippen LogP contribution in [0.5, 0.6) is 5.75 Å². The van der Waals surface area contributed by atoms with Gasteiger partial charge in [-0.3, -0.25) is 29.4 Å². The van der Waals surface area contributed by atoms with E-state index in [-0.39, 0.29) is 24.0 Å². The monoisotopic (exact) mass is 564 g/mol. The molecule has 1 unspecified atom stereocenters. The number of aromatic nitrogens is 1. The zero-order valence-electron chi connectivity index (χ0n) is 22.6. The summed E-state index contributed by atoms with van der Waals surface area (Å²) >= 11 is 1.44. The zero-order valence-corrected chi connectivity index (χ0v) is 23.4. The van der Waals surface area contributed by atoms with E-state index < -0.39 is 41.2 Å². The van der Waals surface area contributed by atoms with Gasteiger partial charge in [-0.2, -0.15) is 0 Å². The second kappa shape index (κ2) is 9.90. The third-order valence-corrected chi connectivity index (χ3v) is 8.15. The van der Waals surface area contributed by atoms with Crippen LogP contribution in [0.1, 0.15) is 52.4 Å². The van der Waals surface area contributed by atoms with Crippen LogP contribution in [0.4, 0.5) is 16.2 Å². The fourth-order valence-corrected chi connectivity index (χ4v) is 5.84. The van der Waals surface area contributed by atoms with Crippen molar-refractivity contribution in [2.24, 2.45) is 0 Å². The van der Waals surface area contributed by atoms with E-state index in [1.165, 1.54) is 29.5 Å². The molecule has 40 heavy (non-hydrogen) atoms. The molecule has 1 aromatic heterocycles. The number of rotatable bonds is 6. The molecule has 3 N–H and O–H groups in total. The van der Waals surface area contributed by atoms with Gasteiger partial charge in [0.1, 0.15) is 22.3 Å². The maximum atomic E-state index is 13.1. The summed E-state index contributed by atoms with van der Waals surface area (Å²) in [6.45, 7) is 3.67. The second-order valence-corrected chi connectivity index (χ2v) is 11.3. The molecule has 2 aromatic carbocycles. The van der Waals surface area contributed by atoms with Crippen molar-refractivity contribution in [3.8, 4) is 5.75 Å². The molecular weight excluding hydrogens is 536 g/mol. The Hall–Kier alpha value is -4.52. The number of fused-ring (bicyclic) bond motifs is 2. The molecule has 0 bridgehead atoms. The van der Waals surface area contributed by atoms with E-state index >= 15 is 0 Å². The Balaban J connectivity index is 1.33. The van der Waals surface area contributed by atoms with Crippen LogP contribution in [0.3, 0.4) is 0 Å². The van der Waals surface area contributed by atoms with Crippen molar-refractivity contribution in [1.82, 2.24) is 20.5 Å². The summed E-state index contributed by atoms with van der Waals surface area (Å²) < 4.78 is 6.34. The summed E-state index contributed by atoms with van der Waals surface area (Å²) in [5.41, 5.74) is 1.33. The molecule has 0 spiro atoms. The van der Waals surface area contributed by atoms with Gasteiger partial charge in [0.2, 0.25) is 11.8 Å². The Bertz CT molecular complexity index is 1600. The van der Waals surface area contributed by atoms with E-state index in [0.717, 1.165) is 20.8 Å². The van der Waals surface area contributed by atoms with Crippen molar-refractivity contribution in [3.05, 3.63) is 46.5 Å². The van der Waals surface area contributed by atoms with Crippen LogP contribution in [0.15, 0.2) is 30.3 Å². The molecule has 0 radical (unpaired) electrons. The summed E-state index contributed by atoms with van der Waals surface area (Å²) in [6, 6.07) is 6.56. The van der Waals surface area contributed by atoms with Gasteiger partial charge in [0.15, 0.2) is 0 Å². The lowest BCUT2D eigenvalue weighted by Gasteiger charge is -2.27. The highest BCUT2D eigenvalue weighted by atomic mass is 32.1. The first-order valence-corrected chi connectivity index (χ1v) is 13.3. The summed E-state index contributed by atoms with van der Waals surface area (Å²) in [5, 5.41) is 8.49. The van der Waals surface area contributed by atoms with Crippen molar-refractivity contribution in [1.29, 1.82) is 0 Å². The highest BCUT2D eigenvalue weighted by Gasteiger charge is 2.44. The smallest absolute Gasteiger partial charge is 0.319 e. The van der Waals surface area contributed by atoms with Crippen molar-refractivity contribution in [3.63, 3.8) is 0 Å². The minimum absolute atomic E-state index is 0.0330. The molecule has 3 aromatic rings. The number of imide groups is 2. The van der Waals surface area contributed by atoms with E-state index in [1.54, 1.807) is 7.11 Å². The molecule has 6 amide bonds. The van der Waals surface area contributed by atoms with Crippen LogP contribution in [0.25, 0.3) is 10.2 Å². The Morgan fingerprint density at radius 2 is 1.85 bits per heavy atom. The molecular formula is C27H28N6O6S. The summed E-state index contributed by atoms with van der Waals surface area (Å²) in [7, 11) is 5.44. The van der Waals surface area contributed by atoms with E-state index in [9.17, 15) is 24.0 Å². The number of nitrogens with zero attached hydrogens (tertiary/aromatic N) is 3. The molecule has 12 nitrogen and oxygen atoms in total. The van der Waals surface area contributed by atoms with Gasteiger partial charge >= 0.3 is 6.03 Å². The number of thiazole rings is 1. The molecule has 208 valence electrons. The number of carbonyl (C=O) groups excluding carboxylic acids is 5. The predicted octanol–water partition coefficient (Wildman–Crippen LogP) is 2.83. The van der Waals surface area contributed by atoms with Crippen molar-refractivity contribution >= 4 is 62.6 Å². The molecule has 0 saturated carbocycles. The summed E-state index contributed by atoms with van der Waals surface area (Å²) in [6.07, 6.45) is 0.0958. The third-order valence-electron chi connectivity index (χ3n) is 6.82. The Kier molecular flexibility index (Phi) is 6.70. The van der Waals surface area contributed by atoms with Crippen molar-refractivity contribution in [2.45, 2.75) is 38.3 Å². The number of ether oxygens (including phenoxy) is 1. The zero-order chi connectivity index (χ0) is 28.9. The largest absolute Gasteiger partial charge is 0.497 e. The minimum Gasteiger partial charge on any atom is -0.497 e. The number of carbonyl (C=O) groups is 5. The van der Waals surface area contributed by atoms with Gasteiger partial charge < -0.3 is 20.3 Å². The van der Waals surface area contributed by atoms with Crippen molar-refractivity contribution in [2.75, 3.05) is 31.4 Å². The van der Waals surface area contributed by atoms with Gasteiger partial charge in [-0.25, -0.2) is 9.78 Å². The van der Waals surface area contributed by atoms with E-state index in [1.807, 2.05) is 45.0 Å². The second-order valence-electron chi connectivity index (χ2n) is 10.3. The highest BCUT2D eigenvalue weighted by molar-refractivity contribution is 7.18. The summed E-state index contributed by atoms with van der Waals surface area (Å²) in [4.78, 5) is 70.4. The van der Waals surface area contributed by atoms with Gasteiger partial charge in [-0.05, 0) is 44.5 Å². The fourth-order valence-electron chi connectivity index (χ4n) is 4.76. The molecule has 0 aliphatic carbocycles. The Labute approximate surface area is 233 Å². The van der Waals surface area contributed by atoms with Gasteiger partial charge in [0.05, 0.1) is 34.2 Å². The first kappa shape index (κ1) is 27.1. The van der Waals surface area contributed by atoms with Crippen LogP contribution >= 0.6 is 11.3 Å². The van der Waals surface area contributed by atoms with Crippen LogP contribution in [0, 0.1) is 0 Å². The molecule has 13 heteroatoms. The van der Waals surface area contributed by atoms with Crippen molar-refractivity contribution < 1.29 is 28.7 Å². The maximum absolute atomic E-state index is 13.1. The normalized spacial score (nSPS) is 17.1. The Morgan fingerprint density at radius 1 is 1.12 bits per heavy atom. The SMILES string of the molecule is COc1cc(N(C)C)c2nc(C(C)(C)NC(=O)Nc3ccc4c(c3)C(=O)N(C3CCC(=O)NC3=O)C4=O)sc2c1. The average molecular weight is 565 g/mol. The van der Waals surface area contributed by atoms with Crippen LogP contribution in [-0.2, 0) is 15.1 Å². The topological polar surface area (TPSA) is 150 Å². The van der Waals surface area contributed by atoms with Crippen LogP contribution in [-0.4, -0.2) is 66.8 Å². The lowest BCUT2D eigenvalue weighted by atomic mass is 10.0. The Morgan fingerprint density at radius 3 is 2.52 bits per heavy atom. The molecule has 1 fully saturated rings. The molecule has 1 saturated heterocycles. The van der Waals surface area contributed by atoms with E-state index in [4.69, 9.17) is 9.72 Å². The number of benzene rings is 2.